The van der Waals surface area contributed by atoms with Crippen molar-refractivity contribution < 1.29 is 13.5 Å². The second-order valence-electron chi connectivity index (χ2n) is 4.39. The number of rotatable bonds is 5. The zero-order valence-electron chi connectivity index (χ0n) is 11.7. The summed E-state index contributed by atoms with van der Waals surface area (Å²) in [5.74, 6) is -0.681. The molecule has 0 bridgehead atoms. The van der Waals surface area contributed by atoms with E-state index in [4.69, 9.17) is 4.74 Å². The molecule has 1 heterocycles. The van der Waals surface area contributed by atoms with Crippen LogP contribution in [0.25, 0.3) is 0 Å². The standard InChI is InChI=1S/C15H15BrF2N2O/c1-3-21-11-4-9(7-20-8-11)15(19-2)14-12(17)5-10(16)6-13(14)18/h4-8,15,19H,3H2,1-2H3. The van der Waals surface area contributed by atoms with E-state index in [2.05, 4.69) is 26.2 Å². The van der Waals surface area contributed by atoms with Crippen LogP contribution in [-0.2, 0) is 0 Å². The monoisotopic (exact) mass is 356 g/mol. The van der Waals surface area contributed by atoms with E-state index in [-0.39, 0.29) is 5.56 Å². The third-order valence-corrected chi connectivity index (χ3v) is 3.46. The fourth-order valence-electron chi connectivity index (χ4n) is 2.15. The Morgan fingerprint density at radius 2 is 1.90 bits per heavy atom. The minimum Gasteiger partial charge on any atom is -0.492 e. The van der Waals surface area contributed by atoms with Gasteiger partial charge in [0.15, 0.2) is 0 Å². The molecule has 1 aromatic carbocycles. The Bertz CT molecular complexity index is 614. The molecule has 0 amide bonds. The molecule has 0 aliphatic heterocycles. The summed E-state index contributed by atoms with van der Waals surface area (Å²) in [4.78, 5) is 4.06. The molecule has 2 rings (SSSR count). The van der Waals surface area contributed by atoms with E-state index in [1.54, 1.807) is 25.5 Å². The highest BCUT2D eigenvalue weighted by molar-refractivity contribution is 9.10. The normalized spacial score (nSPS) is 12.2. The van der Waals surface area contributed by atoms with E-state index in [0.29, 0.717) is 22.4 Å². The molecule has 1 N–H and O–H groups in total. The summed E-state index contributed by atoms with van der Waals surface area (Å²) in [5, 5.41) is 2.91. The smallest absolute Gasteiger partial charge is 0.137 e. The Kier molecular flexibility index (Phi) is 5.25. The van der Waals surface area contributed by atoms with Crippen molar-refractivity contribution in [2.45, 2.75) is 13.0 Å². The molecule has 0 spiro atoms. The summed E-state index contributed by atoms with van der Waals surface area (Å²) >= 11 is 3.07. The van der Waals surface area contributed by atoms with Gasteiger partial charge >= 0.3 is 0 Å². The number of benzene rings is 1. The maximum Gasteiger partial charge on any atom is 0.137 e. The average Bonchev–Trinajstić information content (AvgIpc) is 2.43. The lowest BCUT2D eigenvalue weighted by molar-refractivity contribution is 0.338. The minimum atomic E-state index is -0.647. The summed E-state index contributed by atoms with van der Waals surface area (Å²) in [7, 11) is 1.64. The van der Waals surface area contributed by atoms with Crippen molar-refractivity contribution in [3.8, 4) is 5.75 Å². The van der Waals surface area contributed by atoms with Crippen LogP contribution in [0.2, 0.25) is 0 Å². The summed E-state index contributed by atoms with van der Waals surface area (Å²) in [6.45, 7) is 2.35. The first-order valence-electron chi connectivity index (χ1n) is 6.46. The Labute approximate surface area is 130 Å². The molecule has 0 aliphatic carbocycles. The number of nitrogens with zero attached hydrogens (tertiary/aromatic N) is 1. The van der Waals surface area contributed by atoms with Gasteiger partial charge in [0.2, 0.25) is 0 Å². The number of pyridine rings is 1. The number of aromatic nitrogens is 1. The van der Waals surface area contributed by atoms with Crippen molar-refractivity contribution in [3.63, 3.8) is 0 Å². The fourth-order valence-corrected chi connectivity index (χ4v) is 2.55. The topological polar surface area (TPSA) is 34.1 Å². The van der Waals surface area contributed by atoms with Crippen LogP contribution in [0.1, 0.15) is 24.1 Å². The maximum absolute atomic E-state index is 14.1. The summed E-state index contributed by atoms with van der Waals surface area (Å²) in [6.07, 6.45) is 3.12. The molecule has 2 aromatic rings. The maximum atomic E-state index is 14.1. The van der Waals surface area contributed by atoms with E-state index in [1.165, 1.54) is 12.1 Å². The predicted octanol–water partition coefficient (Wildman–Crippen LogP) is 3.83. The zero-order valence-corrected chi connectivity index (χ0v) is 13.2. The zero-order chi connectivity index (χ0) is 15.4. The highest BCUT2D eigenvalue weighted by Crippen LogP contribution is 2.30. The first-order chi connectivity index (χ1) is 10.1. The van der Waals surface area contributed by atoms with E-state index >= 15 is 0 Å². The van der Waals surface area contributed by atoms with Crippen molar-refractivity contribution in [1.82, 2.24) is 10.3 Å². The van der Waals surface area contributed by atoms with Crippen LogP contribution in [0.4, 0.5) is 8.78 Å². The molecule has 6 heteroatoms. The largest absolute Gasteiger partial charge is 0.492 e. The second-order valence-corrected chi connectivity index (χ2v) is 5.31. The Morgan fingerprint density at radius 3 is 2.48 bits per heavy atom. The summed E-state index contributed by atoms with van der Waals surface area (Å²) in [5.41, 5.74) is 0.583. The fraction of sp³-hybridized carbons (Fsp3) is 0.267. The lowest BCUT2D eigenvalue weighted by Crippen LogP contribution is -2.20. The quantitative estimate of drug-likeness (QED) is 0.883. The van der Waals surface area contributed by atoms with E-state index in [0.717, 1.165) is 0 Å². The third-order valence-electron chi connectivity index (χ3n) is 3.00. The van der Waals surface area contributed by atoms with Gasteiger partial charge in [0, 0.05) is 16.2 Å². The summed E-state index contributed by atoms with van der Waals surface area (Å²) in [6, 6.07) is 3.55. The van der Waals surface area contributed by atoms with Gasteiger partial charge in [-0.25, -0.2) is 8.78 Å². The number of hydrogen-bond donors (Lipinski definition) is 1. The molecule has 0 aliphatic rings. The molecule has 0 saturated heterocycles. The molecular weight excluding hydrogens is 342 g/mol. The molecule has 1 unspecified atom stereocenters. The van der Waals surface area contributed by atoms with Gasteiger partial charge in [0.1, 0.15) is 17.4 Å². The molecule has 1 aromatic heterocycles. The number of ether oxygens (including phenoxy) is 1. The number of nitrogens with one attached hydrogen (secondary N) is 1. The Hall–Kier alpha value is -1.53. The lowest BCUT2D eigenvalue weighted by Gasteiger charge is -2.19. The van der Waals surface area contributed by atoms with Crippen molar-refractivity contribution >= 4 is 15.9 Å². The van der Waals surface area contributed by atoms with Crippen LogP contribution in [0.15, 0.2) is 35.1 Å². The second kappa shape index (κ2) is 6.95. The Morgan fingerprint density at radius 1 is 1.24 bits per heavy atom. The SMILES string of the molecule is CCOc1cncc(C(NC)c2c(F)cc(Br)cc2F)c1. The predicted molar refractivity (Wildman–Crippen MR) is 80.4 cm³/mol. The molecular formula is C15H15BrF2N2O. The van der Waals surface area contributed by atoms with Gasteiger partial charge in [-0.15, -0.1) is 0 Å². The lowest BCUT2D eigenvalue weighted by atomic mass is 9.99. The molecule has 21 heavy (non-hydrogen) atoms. The van der Waals surface area contributed by atoms with E-state index in [9.17, 15) is 8.78 Å². The van der Waals surface area contributed by atoms with Gasteiger partial charge in [-0.2, -0.15) is 0 Å². The molecule has 112 valence electrons. The first kappa shape index (κ1) is 15.9. The molecule has 3 nitrogen and oxygen atoms in total. The highest BCUT2D eigenvalue weighted by atomic mass is 79.9. The van der Waals surface area contributed by atoms with Crippen LogP contribution in [-0.4, -0.2) is 18.6 Å². The Balaban J connectivity index is 2.47. The van der Waals surface area contributed by atoms with Gasteiger partial charge < -0.3 is 10.1 Å². The van der Waals surface area contributed by atoms with Crippen molar-refractivity contribution in [1.29, 1.82) is 0 Å². The third kappa shape index (κ3) is 3.57. The van der Waals surface area contributed by atoms with E-state index in [1.807, 2.05) is 6.92 Å². The van der Waals surface area contributed by atoms with Crippen LogP contribution in [0, 0.1) is 11.6 Å². The average molecular weight is 357 g/mol. The van der Waals surface area contributed by atoms with Crippen molar-refractivity contribution in [3.05, 3.63) is 57.8 Å². The van der Waals surface area contributed by atoms with Gasteiger partial charge in [0.05, 0.1) is 18.8 Å². The van der Waals surface area contributed by atoms with Gasteiger partial charge in [-0.3, -0.25) is 4.98 Å². The van der Waals surface area contributed by atoms with Crippen molar-refractivity contribution in [2.75, 3.05) is 13.7 Å². The van der Waals surface area contributed by atoms with Gasteiger partial charge in [-0.05, 0) is 37.7 Å². The molecule has 0 radical (unpaired) electrons. The van der Waals surface area contributed by atoms with Gasteiger partial charge in [0.25, 0.3) is 0 Å². The molecule has 1 atom stereocenters. The minimum absolute atomic E-state index is 0.0452. The van der Waals surface area contributed by atoms with Gasteiger partial charge in [-0.1, -0.05) is 15.9 Å². The number of hydrogen-bond acceptors (Lipinski definition) is 3. The highest BCUT2D eigenvalue weighted by Gasteiger charge is 2.22. The van der Waals surface area contributed by atoms with E-state index < -0.39 is 17.7 Å². The summed E-state index contributed by atoms with van der Waals surface area (Å²) < 4.78 is 34.0. The molecule has 0 saturated carbocycles. The van der Waals surface area contributed by atoms with Crippen LogP contribution >= 0.6 is 15.9 Å². The number of halogens is 3. The van der Waals surface area contributed by atoms with Crippen molar-refractivity contribution in [2.24, 2.45) is 0 Å². The molecule has 0 fully saturated rings. The van der Waals surface area contributed by atoms with Crippen LogP contribution in [0.5, 0.6) is 5.75 Å². The first-order valence-corrected chi connectivity index (χ1v) is 7.25. The van der Waals surface area contributed by atoms with Crippen LogP contribution in [0.3, 0.4) is 0 Å². The van der Waals surface area contributed by atoms with Crippen LogP contribution < -0.4 is 10.1 Å².